The van der Waals surface area contributed by atoms with Crippen molar-refractivity contribution in [2.45, 2.75) is 32.9 Å². The van der Waals surface area contributed by atoms with Crippen LogP contribution in [0, 0.1) is 5.92 Å². The predicted octanol–water partition coefficient (Wildman–Crippen LogP) is 1.49. The van der Waals surface area contributed by atoms with Crippen molar-refractivity contribution < 1.29 is 9.57 Å². The van der Waals surface area contributed by atoms with Crippen LogP contribution in [0.1, 0.15) is 26.3 Å². The van der Waals surface area contributed by atoms with Gasteiger partial charge >= 0.3 is 0 Å². The van der Waals surface area contributed by atoms with Gasteiger partial charge in [-0.05, 0) is 43.9 Å². The highest BCUT2D eigenvalue weighted by atomic mass is 16.7. The third-order valence-electron chi connectivity index (χ3n) is 3.55. The molecule has 0 amide bonds. The molecular formula is C16H25N5O2. The Labute approximate surface area is 136 Å². The fraction of sp³-hybridized carbons (Fsp3) is 0.500. The van der Waals surface area contributed by atoms with Crippen molar-refractivity contribution in [3.05, 3.63) is 29.8 Å². The lowest BCUT2D eigenvalue weighted by atomic mass is 10.0. The second-order valence-corrected chi connectivity index (χ2v) is 6.18. The maximum Gasteiger partial charge on any atom is 0.226 e. The number of nitrogens with two attached hydrogens (primary N) is 2. The molecule has 7 heteroatoms. The lowest BCUT2D eigenvalue weighted by Crippen LogP contribution is -2.54. The van der Waals surface area contributed by atoms with E-state index in [-0.39, 0.29) is 11.9 Å². The molecule has 0 radical (unpaired) electrons. The number of nitrogens with zero attached hydrogens (tertiary/aromatic N) is 3. The molecule has 1 atom stereocenters. The fourth-order valence-corrected chi connectivity index (χ4v) is 2.44. The minimum absolute atomic E-state index is 0.165. The van der Waals surface area contributed by atoms with Gasteiger partial charge in [-0.15, -0.1) is 0 Å². The van der Waals surface area contributed by atoms with Crippen LogP contribution in [0.5, 0.6) is 5.75 Å². The van der Waals surface area contributed by atoms with Crippen LogP contribution < -0.4 is 16.2 Å². The Bertz CT molecular complexity index is 595. The second-order valence-electron chi connectivity index (χ2n) is 6.18. The van der Waals surface area contributed by atoms with Crippen LogP contribution in [0.25, 0.3) is 0 Å². The van der Waals surface area contributed by atoms with E-state index < -0.39 is 5.66 Å². The minimum Gasteiger partial charge on any atom is -0.497 e. The lowest BCUT2D eigenvalue weighted by Gasteiger charge is -2.37. The number of hydrogen-bond donors (Lipinski definition) is 2. The third-order valence-corrected chi connectivity index (χ3v) is 3.55. The van der Waals surface area contributed by atoms with Gasteiger partial charge < -0.3 is 16.2 Å². The molecule has 126 valence electrons. The number of guanidine groups is 2. The Kier molecular flexibility index (Phi) is 5.10. The van der Waals surface area contributed by atoms with Gasteiger partial charge in [-0.1, -0.05) is 19.1 Å². The van der Waals surface area contributed by atoms with Crippen LogP contribution >= 0.6 is 0 Å². The number of methoxy groups -OCH3 is 1. The molecule has 4 N–H and O–H groups in total. The van der Waals surface area contributed by atoms with Gasteiger partial charge in [-0.2, -0.15) is 10.1 Å². The van der Waals surface area contributed by atoms with Gasteiger partial charge in [0, 0.05) is 0 Å². The number of ether oxygens (including phenoxy) is 1. The Morgan fingerprint density at radius 2 is 1.87 bits per heavy atom. The molecule has 0 spiro atoms. The van der Waals surface area contributed by atoms with Gasteiger partial charge in [0.1, 0.15) is 5.75 Å². The molecule has 0 bridgehead atoms. The normalized spacial score (nSPS) is 18.2. The average Bonchev–Trinajstić information content (AvgIpc) is 2.46. The number of rotatable bonds is 6. The van der Waals surface area contributed by atoms with E-state index in [1.165, 1.54) is 10.6 Å². The number of hydrogen-bond acceptors (Lipinski definition) is 7. The molecule has 1 aromatic rings. The highest BCUT2D eigenvalue weighted by Gasteiger charge is 2.33. The SMILES string of the molecule is COc1ccc(CC(C)CON2C(N)=NC(N)=NC2(C)C)cc1. The van der Waals surface area contributed by atoms with E-state index in [4.69, 9.17) is 21.0 Å². The first-order chi connectivity index (χ1) is 10.8. The standard InChI is InChI=1S/C16H25N5O2/c1-11(9-12-5-7-13(22-4)8-6-12)10-23-21-15(18)19-14(17)20-16(21,2)3/h5-8,11H,9-10H2,1-4H3,(H4,17,18,19,20). The van der Waals surface area contributed by atoms with Crippen LogP contribution in [0.2, 0.25) is 0 Å². The largest absolute Gasteiger partial charge is 0.497 e. The summed E-state index contributed by atoms with van der Waals surface area (Å²) in [6, 6.07) is 8.03. The second kappa shape index (κ2) is 6.87. The molecule has 0 aromatic heterocycles. The van der Waals surface area contributed by atoms with Gasteiger partial charge in [-0.3, -0.25) is 4.84 Å². The van der Waals surface area contributed by atoms with Crippen molar-refractivity contribution in [3.63, 3.8) is 0 Å². The van der Waals surface area contributed by atoms with Gasteiger partial charge in [0.15, 0.2) is 5.66 Å². The van der Waals surface area contributed by atoms with Gasteiger partial charge in [-0.25, -0.2) is 4.99 Å². The Morgan fingerprint density at radius 3 is 2.43 bits per heavy atom. The first-order valence-electron chi connectivity index (χ1n) is 7.57. The topological polar surface area (TPSA) is 98.5 Å². The maximum absolute atomic E-state index is 5.89. The smallest absolute Gasteiger partial charge is 0.226 e. The van der Waals surface area contributed by atoms with Crippen molar-refractivity contribution in [3.8, 4) is 5.75 Å². The zero-order valence-corrected chi connectivity index (χ0v) is 14.1. The molecule has 0 saturated carbocycles. The molecular weight excluding hydrogens is 294 g/mol. The van der Waals surface area contributed by atoms with E-state index in [1.54, 1.807) is 7.11 Å². The summed E-state index contributed by atoms with van der Waals surface area (Å²) < 4.78 is 5.16. The molecule has 1 aliphatic heterocycles. The highest BCUT2D eigenvalue weighted by Crippen LogP contribution is 2.21. The van der Waals surface area contributed by atoms with Gasteiger partial charge in [0.25, 0.3) is 0 Å². The van der Waals surface area contributed by atoms with E-state index in [2.05, 4.69) is 29.0 Å². The Hall–Kier alpha value is -2.28. The van der Waals surface area contributed by atoms with Crippen molar-refractivity contribution >= 4 is 11.9 Å². The molecule has 0 aliphatic carbocycles. The summed E-state index contributed by atoms with van der Waals surface area (Å²) in [4.78, 5) is 14.0. The molecule has 23 heavy (non-hydrogen) atoms. The Balaban J connectivity index is 1.91. The molecule has 1 heterocycles. The summed E-state index contributed by atoms with van der Waals surface area (Å²) in [5, 5.41) is 1.51. The quantitative estimate of drug-likeness (QED) is 0.827. The molecule has 0 fully saturated rings. The van der Waals surface area contributed by atoms with E-state index in [0.29, 0.717) is 12.5 Å². The predicted molar refractivity (Wildman–Crippen MR) is 91.0 cm³/mol. The Morgan fingerprint density at radius 1 is 1.22 bits per heavy atom. The van der Waals surface area contributed by atoms with Crippen LogP contribution in [0.3, 0.4) is 0 Å². The van der Waals surface area contributed by atoms with Crippen molar-refractivity contribution in [1.29, 1.82) is 0 Å². The number of hydroxylamine groups is 2. The average molecular weight is 319 g/mol. The first kappa shape index (κ1) is 17.1. The fourth-order valence-electron chi connectivity index (χ4n) is 2.44. The lowest BCUT2D eigenvalue weighted by molar-refractivity contribution is -0.165. The van der Waals surface area contributed by atoms with Crippen LogP contribution in [-0.2, 0) is 11.3 Å². The number of aliphatic imine (C=N–C) groups is 2. The summed E-state index contributed by atoms with van der Waals surface area (Å²) in [7, 11) is 1.66. The van der Waals surface area contributed by atoms with E-state index in [9.17, 15) is 0 Å². The van der Waals surface area contributed by atoms with Crippen LogP contribution in [0.4, 0.5) is 0 Å². The zero-order chi connectivity index (χ0) is 17.0. The van der Waals surface area contributed by atoms with Crippen molar-refractivity contribution in [2.24, 2.45) is 27.4 Å². The first-order valence-corrected chi connectivity index (χ1v) is 7.57. The molecule has 1 aliphatic rings. The van der Waals surface area contributed by atoms with E-state index >= 15 is 0 Å². The molecule has 2 rings (SSSR count). The monoisotopic (exact) mass is 319 g/mol. The summed E-state index contributed by atoms with van der Waals surface area (Å²) in [6.07, 6.45) is 0.890. The van der Waals surface area contributed by atoms with Gasteiger partial charge in [0.2, 0.25) is 11.9 Å². The summed E-state index contributed by atoms with van der Waals surface area (Å²) >= 11 is 0. The molecule has 1 aromatic carbocycles. The van der Waals surface area contributed by atoms with Crippen molar-refractivity contribution in [1.82, 2.24) is 5.06 Å². The van der Waals surface area contributed by atoms with Crippen LogP contribution in [0.15, 0.2) is 34.3 Å². The molecule has 0 saturated heterocycles. The third kappa shape index (κ3) is 4.35. The summed E-state index contributed by atoms with van der Waals surface area (Å²) in [5.41, 5.74) is 12.1. The van der Waals surface area contributed by atoms with Crippen molar-refractivity contribution in [2.75, 3.05) is 13.7 Å². The summed E-state index contributed by atoms with van der Waals surface area (Å²) in [5.74, 6) is 1.54. The van der Waals surface area contributed by atoms with Crippen LogP contribution in [-0.4, -0.2) is 36.4 Å². The van der Waals surface area contributed by atoms with E-state index in [1.807, 2.05) is 26.0 Å². The van der Waals surface area contributed by atoms with E-state index in [0.717, 1.165) is 12.2 Å². The summed E-state index contributed by atoms with van der Waals surface area (Å²) in [6.45, 7) is 6.36. The zero-order valence-electron chi connectivity index (χ0n) is 14.1. The maximum atomic E-state index is 5.89. The highest BCUT2D eigenvalue weighted by molar-refractivity contribution is 5.95. The van der Waals surface area contributed by atoms with Gasteiger partial charge in [0.05, 0.1) is 13.7 Å². The molecule has 1 unspecified atom stereocenters. The minimum atomic E-state index is -0.671. The number of benzene rings is 1. The molecule has 7 nitrogen and oxygen atoms in total.